The first-order valence-corrected chi connectivity index (χ1v) is 35.9. The Bertz CT molecular complexity index is 1180. The zero-order valence-electron chi connectivity index (χ0n) is 53.2. The molecule has 2 unspecified atom stereocenters. The topological polar surface area (TPSA) is 95.9 Å². The van der Waals surface area contributed by atoms with E-state index in [0.717, 1.165) is 38.5 Å². The van der Waals surface area contributed by atoms with Crippen LogP contribution in [0.2, 0.25) is 0 Å². The molecule has 0 aliphatic heterocycles. The van der Waals surface area contributed by atoms with Crippen LogP contribution >= 0.6 is 0 Å². The lowest BCUT2D eigenvalue weighted by molar-refractivity contribution is -0.143. The third-order valence-electron chi connectivity index (χ3n) is 17.1. The molecule has 0 aliphatic carbocycles. The maximum absolute atomic E-state index is 12.5. The van der Waals surface area contributed by atoms with Gasteiger partial charge in [0.15, 0.2) is 0 Å². The number of nitrogens with one attached hydrogen (secondary N) is 1. The maximum atomic E-state index is 12.5. The highest BCUT2D eigenvalue weighted by molar-refractivity contribution is 5.76. The molecule has 6 heteroatoms. The number of rotatable bonds is 68. The number of unbranched alkanes of at least 4 members (excludes halogenated alkanes) is 55. The highest BCUT2D eigenvalue weighted by Gasteiger charge is 2.20. The highest BCUT2D eigenvalue weighted by Crippen LogP contribution is 2.19. The van der Waals surface area contributed by atoms with Crippen LogP contribution in [-0.4, -0.2) is 47.4 Å². The van der Waals surface area contributed by atoms with Crippen molar-refractivity contribution in [3.63, 3.8) is 0 Å². The quantitative estimate of drug-likeness (QED) is 0.0320. The Morgan fingerprint density at radius 1 is 0.346 bits per heavy atom. The molecule has 0 heterocycles. The van der Waals surface area contributed by atoms with E-state index >= 15 is 0 Å². The predicted octanol–water partition coefficient (Wildman–Crippen LogP) is 23.1. The third kappa shape index (κ3) is 63.8. The summed E-state index contributed by atoms with van der Waals surface area (Å²) in [5.41, 5.74) is 0. The van der Waals surface area contributed by atoms with Crippen molar-refractivity contribution in [1.29, 1.82) is 0 Å². The molecule has 0 rings (SSSR count). The molecule has 78 heavy (non-hydrogen) atoms. The first kappa shape index (κ1) is 76.6. The van der Waals surface area contributed by atoms with Crippen LogP contribution in [0.4, 0.5) is 0 Å². The van der Waals surface area contributed by atoms with Crippen LogP contribution in [0, 0.1) is 0 Å². The Morgan fingerprint density at radius 2 is 0.603 bits per heavy atom. The summed E-state index contributed by atoms with van der Waals surface area (Å²) >= 11 is 0. The standard InChI is InChI=1S/C72H141NO5/c1-3-5-7-9-11-13-15-17-19-21-34-38-42-46-50-54-58-62-66-72(77)78-67-63-59-55-51-47-43-39-35-31-29-27-25-23-22-24-26-28-30-33-37-41-45-49-53-57-61-65-71(76)73-69(68-74)70(75)64-60-56-52-48-44-40-36-32-20-18-16-14-12-10-8-6-4-2/h22,24,69-70,74-75H,3-21,23,25-68H2,1-2H3,(H,73,76)/b24-22-. The molecule has 2 atom stereocenters. The van der Waals surface area contributed by atoms with Gasteiger partial charge in [-0.1, -0.05) is 360 Å². The van der Waals surface area contributed by atoms with Crippen molar-refractivity contribution in [1.82, 2.24) is 5.32 Å². The SMILES string of the molecule is CCCCCCCCCCCCCCCCCCCCC(=O)OCCCCCCCCCCCCCC/C=C\CCCCCCCCCCCCC(=O)NC(CO)C(O)CCCCCCCCCCCCCCCCCCC. The molecule has 0 fully saturated rings. The van der Waals surface area contributed by atoms with Crippen LogP contribution < -0.4 is 5.32 Å². The lowest BCUT2D eigenvalue weighted by atomic mass is 10.0. The van der Waals surface area contributed by atoms with Crippen LogP contribution in [0.25, 0.3) is 0 Å². The molecule has 0 saturated heterocycles. The lowest BCUT2D eigenvalue weighted by Gasteiger charge is -2.22. The smallest absolute Gasteiger partial charge is 0.305 e. The van der Waals surface area contributed by atoms with Crippen LogP contribution in [0.1, 0.15) is 412 Å². The van der Waals surface area contributed by atoms with Gasteiger partial charge >= 0.3 is 5.97 Å². The van der Waals surface area contributed by atoms with Crippen molar-refractivity contribution < 1.29 is 24.5 Å². The van der Waals surface area contributed by atoms with Gasteiger partial charge in [0, 0.05) is 12.8 Å². The monoisotopic (exact) mass is 1100 g/mol. The van der Waals surface area contributed by atoms with Gasteiger partial charge in [-0.3, -0.25) is 9.59 Å². The van der Waals surface area contributed by atoms with E-state index in [9.17, 15) is 19.8 Å². The predicted molar refractivity (Wildman–Crippen MR) is 343 cm³/mol. The second-order valence-corrected chi connectivity index (χ2v) is 24.9. The largest absolute Gasteiger partial charge is 0.466 e. The fourth-order valence-electron chi connectivity index (χ4n) is 11.6. The molecule has 0 aromatic rings. The van der Waals surface area contributed by atoms with Crippen molar-refractivity contribution in [3.05, 3.63) is 12.2 Å². The van der Waals surface area contributed by atoms with Gasteiger partial charge in [-0.25, -0.2) is 0 Å². The fraction of sp³-hybridized carbons (Fsp3) is 0.944. The van der Waals surface area contributed by atoms with E-state index in [1.54, 1.807) is 0 Å². The number of carbonyl (C=O) groups is 2. The van der Waals surface area contributed by atoms with E-state index in [4.69, 9.17) is 4.74 Å². The van der Waals surface area contributed by atoms with Gasteiger partial charge in [-0.05, 0) is 51.4 Å². The molecular weight excluding hydrogens is 959 g/mol. The van der Waals surface area contributed by atoms with Crippen molar-refractivity contribution >= 4 is 11.9 Å². The summed E-state index contributed by atoms with van der Waals surface area (Å²) in [6, 6.07) is -0.543. The molecule has 0 aliphatic rings. The number of allylic oxidation sites excluding steroid dienone is 2. The van der Waals surface area contributed by atoms with Crippen LogP contribution in [-0.2, 0) is 14.3 Å². The molecule has 0 radical (unpaired) electrons. The van der Waals surface area contributed by atoms with E-state index in [1.165, 1.54) is 340 Å². The van der Waals surface area contributed by atoms with Crippen molar-refractivity contribution in [3.8, 4) is 0 Å². The molecule has 0 aromatic carbocycles. The average Bonchev–Trinajstić information content (AvgIpc) is 3.44. The first-order valence-electron chi connectivity index (χ1n) is 35.9. The summed E-state index contributed by atoms with van der Waals surface area (Å²) in [6.45, 7) is 5.00. The van der Waals surface area contributed by atoms with E-state index in [1.807, 2.05) is 0 Å². The summed E-state index contributed by atoms with van der Waals surface area (Å²) in [5.74, 6) is -0.0130. The fourth-order valence-corrected chi connectivity index (χ4v) is 11.6. The second kappa shape index (κ2) is 68.1. The van der Waals surface area contributed by atoms with Crippen LogP contribution in [0.3, 0.4) is 0 Å². The number of hydrogen-bond donors (Lipinski definition) is 3. The molecular formula is C72H141NO5. The summed E-state index contributed by atoms with van der Waals surface area (Å²) < 4.78 is 5.51. The molecule has 1 amide bonds. The van der Waals surface area contributed by atoms with E-state index < -0.39 is 12.1 Å². The molecule has 0 aromatic heterocycles. The lowest BCUT2D eigenvalue weighted by Crippen LogP contribution is -2.45. The molecule has 0 bridgehead atoms. The molecule has 0 spiro atoms. The molecule has 0 saturated carbocycles. The van der Waals surface area contributed by atoms with Crippen molar-refractivity contribution in [2.75, 3.05) is 13.2 Å². The van der Waals surface area contributed by atoms with Gasteiger partial charge in [-0.2, -0.15) is 0 Å². The van der Waals surface area contributed by atoms with Gasteiger partial charge in [0.2, 0.25) is 5.91 Å². The van der Waals surface area contributed by atoms with E-state index in [0.29, 0.717) is 25.9 Å². The van der Waals surface area contributed by atoms with Gasteiger partial charge < -0.3 is 20.3 Å². The second-order valence-electron chi connectivity index (χ2n) is 24.9. The molecule has 3 N–H and O–H groups in total. The zero-order chi connectivity index (χ0) is 56.4. The number of aliphatic hydroxyl groups excluding tert-OH is 2. The number of hydrogen-bond acceptors (Lipinski definition) is 5. The number of amides is 1. The Hall–Kier alpha value is -1.40. The van der Waals surface area contributed by atoms with Crippen LogP contribution in [0.15, 0.2) is 12.2 Å². The summed E-state index contributed by atoms with van der Waals surface area (Å²) in [4.78, 5) is 24.6. The summed E-state index contributed by atoms with van der Waals surface area (Å²) in [7, 11) is 0. The Morgan fingerprint density at radius 3 is 0.910 bits per heavy atom. The zero-order valence-corrected chi connectivity index (χ0v) is 53.2. The number of aliphatic hydroxyl groups is 2. The number of ether oxygens (including phenoxy) is 1. The van der Waals surface area contributed by atoms with Crippen LogP contribution in [0.5, 0.6) is 0 Å². The minimum absolute atomic E-state index is 0.0199. The molecule has 464 valence electrons. The number of carbonyl (C=O) groups excluding carboxylic acids is 2. The Kier molecular flexibility index (Phi) is 66.9. The summed E-state index contributed by atoms with van der Waals surface area (Å²) in [5, 5.41) is 23.4. The normalized spacial score (nSPS) is 12.5. The van der Waals surface area contributed by atoms with E-state index in [2.05, 4.69) is 31.3 Å². The highest BCUT2D eigenvalue weighted by atomic mass is 16.5. The minimum atomic E-state index is -0.665. The Labute approximate surface area is 489 Å². The molecule has 6 nitrogen and oxygen atoms in total. The van der Waals surface area contributed by atoms with E-state index in [-0.39, 0.29) is 18.5 Å². The van der Waals surface area contributed by atoms with Crippen molar-refractivity contribution in [2.45, 2.75) is 424 Å². The van der Waals surface area contributed by atoms with Crippen molar-refractivity contribution in [2.24, 2.45) is 0 Å². The number of esters is 1. The maximum Gasteiger partial charge on any atom is 0.305 e. The first-order chi connectivity index (χ1) is 38.5. The summed E-state index contributed by atoms with van der Waals surface area (Å²) in [6.07, 6.45) is 84.0. The Balaban J connectivity index is 3.36. The van der Waals surface area contributed by atoms with Gasteiger partial charge in [0.1, 0.15) is 0 Å². The minimum Gasteiger partial charge on any atom is -0.466 e. The van der Waals surface area contributed by atoms with Gasteiger partial charge in [0.05, 0.1) is 25.4 Å². The third-order valence-corrected chi connectivity index (χ3v) is 17.1. The average molecular weight is 1100 g/mol. The van der Waals surface area contributed by atoms with Gasteiger partial charge in [-0.15, -0.1) is 0 Å². The van der Waals surface area contributed by atoms with Gasteiger partial charge in [0.25, 0.3) is 0 Å².